The van der Waals surface area contributed by atoms with Crippen molar-refractivity contribution >= 4 is 11.7 Å². The lowest BCUT2D eigenvalue weighted by molar-refractivity contribution is 0.0697. The van der Waals surface area contributed by atoms with Crippen molar-refractivity contribution in [2.45, 2.75) is 39.5 Å². The second-order valence-electron chi connectivity index (χ2n) is 4.78. The van der Waals surface area contributed by atoms with E-state index in [-0.39, 0.29) is 11.3 Å². The molecule has 1 aromatic carbocycles. The zero-order valence-corrected chi connectivity index (χ0v) is 11.7. The maximum absolute atomic E-state index is 11.0. The maximum atomic E-state index is 11.0. The molecule has 0 spiro atoms. The van der Waals surface area contributed by atoms with Crippen molar-refractivity contribution in [2.24, 2.45) is 5.92 Å². The van der Waals surface area contributed by atoms with E-state index in [1.165, 1.54) is 18.9 Å². The molecule has 0 aliphatic carbocycles. The number of ether oxygens (including phenoxy) is 1. The molecule has 0 saturated carbocycles. The number of anilines is 1. The fourth-order valence-electron chi connectivity index (χ4n) is 1.92. The van der Waals surface area contributed by atoms with Gasteiger partial charge in [0.25, 0.3) is 0 Å². The minimum Gasteiger partial charge on any atom is -0.493 e. The summed E-state index contributed by atoms with van der Waals surface area (Å²) < 4.78 is 5.68. The average Bonchev–Trinajstić information content (AvgIpc) is 2.40. The number of benzene rings is 1. The monoisotopic (exact) mass is 265 g/mol. The van der Waals surface area contributed by atoms with Gasteiger partial charge in [0.1, 0.15) is 5.75 Å². The van der Waals surface area contributed by atoms with Crippen molar-refractivity contribution in [3.05, 3.63) is 23.8 Å². The van der Waals surface area contributed by atoms with Crippen LogP contribution in [0, 0.1) is 5.92 Å². The summed E-state index contributed by atoms with van der Waals surface area (Å²) in [6.45, 7) is 4.95. The van der Waals surface area contributed by atoms with E-state index < -0.39 is 5.97 Å². The van der Waals surface area contributed by atoms with Gasteiger partial charge in [-0.1, -0.05) is 33.1 Å². The summed E-state index contributed by atoms with van der Waals surface area (Å²) in [5.41, 5.74) is 5.96. The predicted molar refractivity (Wildman–Crippen MR) is 76.6 cm³/mol. The fourth-order valence-corrected chi connectivity index (χ4v) is 1.92. The number of carboxylic acids is 1. The van der Waals surface area contributed by atoms with E-state index in [0.29, 0.717) is 18.3 Å². The summed E-state index contributed by atoms with van der Waals surface area (Å²) in [7, 11) is 0. The third-order valence-corrected chi connectivity index (χ3v) is 3.28. The van der Waals surface area contributed by atoms with Crippen LogP contribution in [0.15, 0.2) is 18.2 Å². The molecule has 0 amide bonds. The molecule has 0 bridgehead atoms. The summed E-state index contributed by atoms with van der Waals surface area (Å²) in [6.07, 6.45) is 4.60. The molecular formula is C15H23NO3. The SMILES string of the molecule is CCCCC(CC)COc1ccc(N)c(C(=O)O)c1. The van der Waals surface area contributed by atoms with Crippen molar-refractivity contribution in [3.8, 4) is 5.75 Å². The molecule has 4 nitrogen and oxygen atoms in total. The highest BCUT2D eigenvalue weighted by atomic mass is 16.5. The van der Waals surface area contributed by atoms with E-state index in [2.05, 4.69) is 13.8 Å². The average molecular weight is 265 g/mol. The van der Waals surface area contributed by atoms with Gasteiger partial charge in [0.15, 0.2) is 0 Å². The summed E-state index contributed by atoms with van der Waals surface area (Å²) in [4.78, 5) is 11.0. The second-order valence-corrected chi connectivity index (χ2v) is 4.78. The number of carbonyl (C=O) groups is 1. The third-order valence-electron chi connectivity index (χ3n) is 3.28. The Hall–Kier alpha value is -1.71. The Labute approximate surface area is 114 Å². The number of nitrogen functional groups attached to an aromatic ring is 1. The predicted octanol–water partition coefficient (Wildman–Crippen LogP) is 3.56. The largest absolute Gasteiger partial charge is 0.493 e. The molecule has 1 rings (SSSR count). The molecule has 1 atom stereocenters. The molecule has 0 heterocycles. The summed E-state index contributed by atoms with van der Waals surface area (Å²) >= 11 is 0. The minimum absolute atomic E-state index is 0.0964. The summed E-state index contributed by atoms with van der Waals surface area (Å²) in [6, 6.07) is 4.78. The standard InChI is InChI=1S/C15H23NO3/c1-3-5-6-11(4-2)10-19-12-7-8-14(16)13(9-12)15(17)18/h7-9,11H,3-6,10,16H2,1-2H3,(H,17,18). The normalized spacial score (nSPS) is 12.1. The second kappa shape index (κ2) is 7.67. The van der Waals surface area contributed by atoms with E-state index in [1.54, 1.807) is 12.1 Å². The van der Waals surface area contributed by atoms with Crippen LogP contribution in [0.2, 0.25) is 0 Å². The topological polar surface area (TPSA) is 72.5 Å². The van der Waals surface area contributed by atoms with Crippen molar-refractivity contribution in [1.29, 1.82) is 0 Å². The lowest BCUT2D eigenvalue weighted by atomic mass is 10.0. The first-order valence-corrected chi connectivity index (χ1v) is 6.84. The lowest BCUT2D eigenvalue weighted by Crippen LogP contribution is -2.12. The zero-order chi connectivity index (χ0) is 14.3. The first-order valence-electron chi connectivity index (χ1n) is 6.84. The smallest absolute Gasteiger partial charge is 0.337 e. The molecule has 0 fully saturated rings. The van der Waals surface area contributed by atoms with Crippen LogP contribution in [-0.2, 0) is 0 Å². The minimum atomic E-state index is -1.03. The van der Waals surface area contributed by atoms with Crippen LogP contribution in [-0.4, -0.2) is 17.7 Å². The van der Waals surface area contributed by atoms with E-state index in [9.17, 15) is 4.79 Å². The molecule has 0 aliphatic rings. The van der Waals surface area contributed by atoms with Crippen molar-refractivity contribution < 1.29 is 14.6 Å². The molecule has 0 radical (unpaired) electrons. The van der Waals surface area contributed by atoms with Gasteiger partial charge in [-0.25, -0.2) is 4.79 Å². The number of hydrogen-bond acceptors (Lipinski definition) is 3. The van der Waals surface area contributed by atoms with Gasteiger partial charge in [-0.05, 0) is 30.5 Å². The zero-order valence-electron chi connectivity index (χ0n) is 11.7. The van der Waals surface area contributed by atoms with Crippen LogP contribution in [0.5, 0.6) is 5.75 Å². The van der Waals surface area contributed by atoms with Crippen LogP contribution in [0.4, 0.5) is 5.69 Å². The Kier molecular flexibility index (Phi) is 6.19. The number of nitrogens with two attached hydrogens (primary N) is 1. The lowest BCUT2D eigenvalue weighted by Gasteiger charge is -2.16. The van der Waals surface area contributed by atoms with Crippen LogP contribution >= 0.6 is 0 Å². The van der Waals surface area contributed by atoms with E-state index in [4.69, 9.17) is 15.6 Å². The third kappa shape index (κ3) is 4.81. The molecule has 19 heavy (non-hydrogen) atoms. The van der Waals surface area contributed by atoms with Gasteiger partial charge in [0.05, 0.1) is 12.2 Å². The summed E-state index contributed by atoms with van der Waals surface area (Å²) in [5.74, 6) is 0.0632. The quantitative estimate of drug-likeness (QED) is 0.705. The van der Waals surface area contributed by atoms with Crippen LogP contribution in [0.25, 0.3) is 0 Å². The number of rotatable bonds is 8. The van der Waals surface area contributed by atoms with Gasteiger partial charge < -0.3 is 15.6 Å². The Balaban J connectivity index is 2.61. The fraction of sp³-hybridized carbons (Fsp3) is 0.533. The van der Waals surface area contributed by atoms with Gasteiger partial charge in [-0.3, -0.25) is 0 Å². The van der Waals surface area contributed by atoms with Gasteiger partial charge in [0, 0.05) is 5.69 Å². The van der Waals surface area contributed by atoms with Gasteiger partial charge in [0.2, 0.25) is 0 Å². The molecule has 4 heteroatoms. The Morgan fingerprint density at radius 3 is 2.74 bits per heavy atom. The molecule has 0 saturated heterocycles. The first kappa shape index (κ1) is 15.3. The molecule has 0 aliphatic heterocycles. The Bertz CT molecular complexity index is 418. The molecule has 106 valence electrons. The van der Waals surface area contributed by atoms with Gasteiger partial charge in [-0.15, -0.1) is 0 Å². The van der Waals surface area contributed by atoms with Gasteiger partial charge >= 0.3 is 5.97 Å². The van der Waals surface area contributed by atoms with Crippen molar-refractivity contribution in [2.75, 3.05) is 12.3 Å². The Morgan fingerprint density at radius 2 is 2.16 bits per heavy atom. The number of unbranched alkanes of at least 4 members (excludes halogenated alkanes) is 1. The maximum Gasteiger partial charge on any atom is 0.337 e. The van der Waals surface area contributed by atoms with Crippen LogP contribution in [0.3, 0.4) is 0 Å². The summed E-state index contributed by atoms with van der Waals surface area (Å²) in [5, 5.41) is 8.99. The molecule has 1 unspecified atom stereocenters. The number of aromatic carboxylic acids is 1. The highest BCUT2D eigenvalue weighted by Gasteiger charge is 2.11. The molecule has 3 N–H and O–H groups in total. The van der Waals surface area contributed by atoms with Crippen LogP contribution in [0.1, 0.15) is 49.9 Å². The van der Waals surface area contributed by atoms with E-state index in [1.807, 2.05) is 0 Å². The van der Waals surface area contributed by atoms with Gasteiger partial charge in [-0.2, -0.15) is 0 Å². The van der Waals surface area contributed by atoms with Crippen molar-refractivity contribution in [1.82, 2.24) is 0 Å². The van der Waals surface area contributed by atoms with Crippen molar-refractivity contribution in [3.63, 3.8) is 0 Å². The first-order chi connectivity index (χ1) is 9.08. The number of hydrogen-bond donors (Lipinski definition) is 2. The molecule has 1 aromatic rings. The van der Waals surface area contributed by atoms with E-state index in [0.717, 1.165) is 12.8 Å². The van der Waals surface area contributed by atoms with Crippen LogP contribution < -0.4 is 10.5 Å². The Morgan fingerprint density at radius 1 is 1.42 bits per heavy atom. The van der Waals surface area contributed by atoms with E-state index >= 15 is 0 Å². The highest BCUT2D eigenvalue weighted by Crippen LogP contribution is 2.21. The molecular weight excluding hydrogens is 242 g/mol. The highest BCUT2D eigenvalue weighted by molar-refractivity contribution is 5.94. The molecule has 0 aromatic heterocycles. The number of carboxylic acid groups (broad SMARTS) is 1.